The number of aromatic nitrogens is 1. The Kier molecular flexibility index (Phi) is 5.89. The first-order valence-electron chi connectivity index (χ1n) is 7.00. The average Bonchev–Trinajstić information content (AvgIpc) is 2.91. The van der Waals surface area contributed by atoms with Crippen LogP contribution in [0, 0.1) is 0 Å². The highest BCUT2D eigenvalue weighted by Crippen LogP contribution is 2.41. The maximum absolute atomic E-state index is 12.2. The molecule has 0 atom stereocenters. The number of carbonyl (C=O) groups is 2. The molecule has 0 radical (unpaired) electrons. The highest BCUT2D eigenvalue weighted by Gasteiger charge is 2.21. The first-order valence-corrected chi connectivity index (χ1v) is 9.33. The maximum atomic E-state index is 12.2. The minimum absolute atomic E-state index is 0.142. The molecule has 2 heterocycles. The van der Waals surface area contributed by atoms with E-state index in [-0.39, 0.29) is 15.7 Å². The number of pyridine rings is 1. The van der Waals surface area contributed by atoms with Crippen LogP contribution in [0.1, 0.15) is 9.67 Å². The number of halogens is 4. The Balaban J connectivity index is 1.69. The molecule has 0 bridgehead atoms. The third kappa shape index (κ3) is 4.22. The van der Waals surface area contributed by atoms with Crippen molar-refractivity contribution in [2.24, 2.45) is 0 Å². The lowest BCUT2D eigenvalue weighted by atomic mass is 10.2. The second-order valence-corrected chi connectivity index (χ2v) is 7.70. The molecule has 0 spiro atoms. The first-order chi connectivity index (χ1) is 12.3. The van der Waals surface area contributed by atoms with Gasteiger partial charge in [0.05, 0.1) is 15.1 Å². The molecule has 3 aromatic rings. The van der Waals surface area contributed by atoms with Crippen LogP contribution in [0.2, 0.25) is 20.1 Å². The lowest BCUT2D eigenvalue weighted by Gasteiger charge is -2.05. The van der Waals surface area contributed by atoms with E-state index >= 15 is 0 Å². The van der Waals surface area contributed by atoms with Gasteiger partial charge in [-0.1, -0.05) is 46.4 Å². The van der Waals surface area contributed by atoms with Crippen molar-refractivity contribution < 1.29 is 14.3 Å². The Morgan fingerprint density at radius 3 is 2.58 bits per heavy atom. The second kappa shape index (κ2) is 7.98. The van der Waals surface area contributed by atoms with E-state index in [1.54, 1.807) is 12.1 Å². The van der Waals surface area contributed by atoms with Crippen LogP contribution < -0.4 is 5.32 Å². The summed E-state index contributed by atoms with van der Waals surface area (Å²) in [5, 5.41) is 4.36. The number of rotatable bonds is 4. The van der Waals surface area contributed by atoms with Gasteiger partial charge in [-0.2, -0.15) is 0 Å². The van der Waals surface area contributed by atoms with Crippen molar-refractivity contribution in [1.82, 2.24) is 4.98 Å². The summed E-state index contributed by atoms with van der Waals surface area (Å²) in [5.74, 6) is -0.995. The number of thiophene rings is 1. The van der Waals surface area contributed by atoms with Crippen molar-refractivity contribution in [3.05, 3.63) is 55.4 Å². The van der Waals surface area contributed by atoms with Crippen LogP contribution in [0.25, 0.3) is 10.1 Å². The largest absolute Gasteiger partial charge is 0.451 e. The van der Waals surface area contributed by atoms with Gasteiger partial charge in [0.15, 0.2) is 6.61 Å². The number of amides is 1. The van der Waals surface area contributed by atoms with E-state index in [1.165, 1.54) is 18.3 Å². The van der Waals surface area contributed by atoms with Gasteiger partial charge >= 0.3 is 5.97 Å². The predicted molar refractivity (Wildman–Crippen MR) is 105 cm³/mol. The van der Waals surface area contributed by atoms with Crippen LogP contribution in [0.4, 0.5) is 5.82 Å². The summed E-state index contributed by atoms with van der Waals surface area (Å²) in [4.78, 5) is 28.2. The molecule has 10 heteroatoms. The number of hydrogen-bond donors (Lipinski definition) is 1. The Bertz CT molecular complexity index is 1000. The summed E-state index contributed by atoms with van der Waals surface area (Å²) in [6.07, 6.45) is 1.38. The molecule has 1 aromatic carbocycles. The fraction of sp³-hybridized carbons (Fsp3) is 0.0625. The fourth-order valence-electron chi connectivity index (χ4n) is 2.07. The number of nitrogens with one attached hydrogen (secondary N) is 1. The van der Waals surface area contributed by atoms with Crippen molar-refractivity contribution in [3.8, 4) is 0 Å². The number of hydrogen-bond acceptors (Lipinski definition) is 5. The van der Waals surface area contributed by atoms with Gasteiger partial charge in [0.25, 0.3) is 5.91 Å². The lowest BCUT2D eigenvalue weighted by molar-refractivity contribution is -0.119. The van der Waals surface area contributed by atoms with E-state index in [9.17, 15) is 9.59 Å². The zero-order chi connectivity index (χ0) is 18.8. The van der Waals surface area contributed by atoms with E-state index in [1.807, 2.05) is 0 Å². The quantitative estimate of drug-likeness (QED) is 0.518. The third-order valence-corrected chi connectivity index (χ3v) is 5.51. The molecular weight excluding hydrogens is 442 g/mol. The van der Waals surface area contributed by atoms with Crippen LogP contribution in [0.15, 0.2) is 30.5 Å². The van der Waals surface area contributed by atoms with Gasteiger partial charge in [-0.15, -0.1) is 11.3 Å². The van der Waals surface area contributed by atoms with E-state index < -0.39 is 18.5 Å². The van der Waals surface area contributed by atoms with Gasteiger partial charge in [0, 0.05) is 21.3 Å². The molecule has 0 aliphatic carbocycles. The fourth-order valence-corrected chi connectivity index (χ4v) is 4.44. The van der Waals surface area contributed by atoms with Gasteiger partial charge in [0.2, 0.25) is 0 Å². The molecule has 1 N–H and O–H groups in total. The monoisotopic (exact) mass is 448 g/mol. The van der Waals surface area contributed by atoms with Crippen LogP contribution in [0.3, 0.4) is 0 Å². The number of fused-ring (bicyclic) bond motifs is 1. The van der Waals surface area contributed by atoms with Crippen LogP contribution >= 0.6 is 57.7 Å². The number of ether oxygens (including phenoxy) is 1. The van der Waals surface area contributed by atoms with Crippen molar-refractivity contribution in [2.75, 3.05) is 11.9 Å². The summed E-state index contributed by atoms with van der Waals surface area (Å²) in [6.45, 7) is -0.498. The molecule has 0 saturated carbocycles. The molecule has 0 saturated heterocycles. The van der Waals surface area contributed by atoms with Gasteiger partial charge in [0.1, 0.15) is 10.7 Å². The van der Waals surface area contributed by atoms with Crippen LogP contribution in [-0.4, -0.2) is 23.5 Å². The van der Waals surface area contributed by atoms with Crippen molar-refractivity contribution in [2.45, 2.75) is 0 Å². The normalized spacial score (nSPS) is 10.8. The zero-order valence-corrected chi connectivity index (χ0v) is 16.5. The molecule has 3 rings (SSSR count). The highest BCUT2D eigenvalue weighted by molar-refractivity contribution is 7.21. The molecule has 26 heavy (non-hydrogen) atoms. The molecule has 0 aliphatic heterocycles. The zero-order valence-electron chi connectivity index (χ0n) is 12.7. The standard InChI is InChI=1S/C16H8Cl4N2O3S/c17-7-1-2-11(21-5-7)22-12(23)6-25-16(24)15-14(20)13-9(19)3-8(18)4-10(13)26-15/h1-5H,6H2,(H,21,22,23). The minimum Gasteiger partial charge on any atom is -0.451 e. The van der Waals surface area contributed by atoms with E-state index in [4.69, 9.17) is 51.1 Å². The van der Waals surface area contributed by atoms with E-state index in [0.29, 0.717) is 25.2 Å². The number of carbonyl (C=O) groups excluding carboxylic acids is 2. The number of anilines is 1. The van der Waals surface area contributed by atoms with Crippen LogP contribution in [-0.2, 0) is 9.53 Å². The van der Waals surface area contributed by atoms with Crippen LogP contribution in [0.5, 0.6) is 0 Å². The number of nitrogens with zero attached hydrogens (tertiary/aromatic N) is 1. The summed E-state index contributed by atoms with van der Waals surface area (Å²) in [5.41, 5.74) is 0. The SMILES string of the molecule is O=C(COC(=O)c1sc2cc(Cl)cc(Cl)c2c1Cl)Nc1ccc(Cl)cn1. The summed E-state index contributed by atoms with van der Waals surface area (Å²) in [7, 11) is 0. The Labute approximate surface area is 171 Å². The highest BCUT2D eigenvalue weighted by atomic mass is 35.5. The Hall–Kier alpha value is -1.57. The lowest BCUT2D eigenvalue weighted by Crippen LogP contribution is -2.21. The Morgan fingerprint density at radius 2 is 1.88 bits per heavy atom. The Morgan fingerprint density at radius 1 is 1.12 bits per heavy atom. The molecule has 0 unspecified atom stereocenters. The molecule has 2 aromatic heterocycles. The van der Waals surface area contributed by atoms with E-state index in [2.05, 4.69) is 10.3 Å². The van der Waals surface area contributed by atoms with E-state index in [0.717, 1.165) is 11.3 Å². The average molecular weight is 450 g/mol. The molecule has 0 fully saturated rings. The number of benzene rings is 1. The third-order valence-electron chi connectivity index (χ3n) is 3.16. The summed E-state index contributed by atoms with van der Waals surface area (Å²) in [6, 6.07) is 6.28. The summed E-state index contributed by atoms with van der Waals surface area (Å²) < 4.78 is 5.66. The van der Waals surface area contributed by atoms with Crippen molar-refractivity contribution >= 4 is 85.5 Å². The summed E-state index contributed by atoms with van der Waals surface area (Å²) >= 11 is 25.1. The maximum Gasteiger partial charge on any atom is 0.350 e. The van der Waals surface area contributed by atoms with Crippen molar-refractivity contribution in [1.29, 1.82) is 0 Å². The first kappa shape index (κ1) is 19.2. The van der Waals surface area contributed by atoms with Gasteiger partial charge < -0.3 is 10.1 Å². The smallest absolute Gasteiger partial charge is 0.350 e. The van der Waals surface area contributed by atoms with Gasteiger partial charge in [-0.3, -0.25) is 4.79 Å². The predicted octanol–water partition coefficient (Wildman–Crippen LogP) is 5.71. The number of esters is 1. The van der Waals surface area contributed by atoms with Gasteiger partial charge in [-0.05, 0) is 24.3 Å². The van der Waals surface area contributed by atoms with Gasteiger partial charge in [-0.25, -0.2) is 9.78 Å². The molecule has 5 nitrogen and oxygen atoms in total. The minimum atomic E-state index is -0.734. The molecular formula is C16H8Cl4N2O3S. The molecule has 0 aliphatic rings. The second-order valence-electron chi connectivity index (χ2n) is 4.99. The molecule has 1 amide bonds. The topological polar surface area (TPSA) is 68.3 Å². The molecule has 134 valence electrons. The van der Waals surface area contributed by atoms with Crippen molar-refractivity contribution in [3.63, 3.8) is 0 Å².